The van der Waals surface area contributed by atoms with Crippen LogP contribution in [0.4, 0.5) is 5.69 Å². The lowest BCUT2D eigenvalue weighted by Crippen LogP contribution is -2.46. The van der Waals surface area contributed by atoms with Crippen LogP contribution in [0.25, 0.3) is 0 Å². The Hall–Kier alpha value is -3.65. The van der Waals surface area contributed by atoms with Gasteiger partial charge in [-0.15, -0.1) is 0 Å². The van der Waals surface area contributed by atoms with Crippen molar-refractivity contribution < 1.29 is 17.9 Å². The molecule has 0 bridgehead atoms. The Kier molecular flexibility index (Phi) is 7.27. The van der Waals surface area contributed by atoms with Gasteiger partial charge in [0.25, 0.3) is 5.91 Å². The number of anilines is 1. The molecule has 0 aliphatic heterocycles. The van der Waals surface area contributed by atoms with E-state index in [0.717, 1.165) is 21.7 Å². The van der Waals surface area contributed by atoms with Crippen molar-refractivity contribution in [1.82, 2.24) is 5.43 Å². The molecular formula is C24H25N3O4S. The fourth-order valence-electron chi connectivity index (χ4n) is 3.01. The van der Waals surface area contributed by atoms with Crippen molar-refractivity contribution in [2.45, 2.75) is 19.9 Å². The van der Waals surface area contributed by atoms with Gasteiger partial charge in [-0.05, 0) is 55.8 Å². The first-order valence-corrected chi connectivity index (χ1v) is 11.8. The fourth-order valence-corrected chi connectivity index (χ4v) is 4.19. The number of hydrazone groups is 1. The van der Waals surface area contributed by atoms with E-state index in [1.54, 1.807) is 24.3 Å². The van der Waals surface area contributed by atoms with Gasteiger partial charge in [0.2, 0.25) is 10.0 Å². The van der Waals surface area contributed by atoms with Gasteiger partial charge in [0.05, 0.1) is 18.2 Å². The fraction of sp³-hybridized carbons (Fsp3) is 0.167. The summed E-state index contributed by atoms with van der Waals surface area (Å²) in [5, 5.41) is 3.95. The first-order chi connectivity index (χ1) is 15.2. The van der Waals surface area contributed by atoms with E-state index in [-0.39, 0.29) is 0 Å². The summed E-state index contributed by atoms with van der Waals surface area (Å²) in [5.74, 6) is 0.663. The Balaban J connectivity index is 1.72. The number of carbonyl (C=O) groups excluding carboxylic acids is 1. The zero-order valence-electron chi connectivity index (χ0n) is 18.1. The number of ether oxygens (including phenoxy) is 1. The average Bonchev–Trinajstić information content (AvgIpc) is 2.76. The Bertz CT molecular complexity index is 1180. The molecule has 32 heavy (non-hydrogen) atoms. The molecule has 3 rings (SSSR count). The predicted molar refractivity (Wildman–Crippen MR) is 127 cm³/mol. The summed E-state index contributed by atoms with van der Waals surface area (Å²) in [6.45, 7) is 3.48. The first-order valence-electron chi connectivity index (χ1n) is 9.96. The number of hydrogen-bond donors (Lipinski definition) is 1. The zero-order chi connectivity index (χ0) is 23.1. The molecule has 1 N–H and O–H groups in total. The normalized spacial score (nSPS) is 12.3. The van der Waals surface area contributed by atoms with Crippen LogP contribution in [0.1, 0.15) is 18.1 Å². The highest BCUT2D eigenvalue weighted by molar-refractivity contribution is 7.92. The topological polar surface area (TPSA) is 88.1 Å². The Labute approximate surface area is 188 Å². The van der Waals surface area contributed by atoms with Gasteiger partial charge in [0, 0.05) is 0 Å². The van der Waals surface area contributed by atoms with Gasteiger partial charge in [-0.25, -0.2) is 13.8 Å². The van der Waals surface area contributed by atoms with Gasteiger partial charge >= 0.3 is 0 Å². The first kappa shape index (κ1) is 23.0. The molecule has 166 valence electrons. The Morgan fingerprint density at radius 3 is 2.16 bits per heavy atom. The van der Waals surface area contributed by atoms with Crippen LogP contribution < -0.4 is 14.5 Å². The molecule has 0 unspecified atom stereocenters. The van der Waals surface area contributed by atoms with Crippen LogP contribution in [0.15, 0.2) is 84.0 Å². The molecule has 8 heteroatoms. The van der Waals surface area contributed by atoms with Crippen LogP contribution in [0.5, 0.6) is 11.5 Å². The number of amides is 1. The summed E-state index contributed by atoms with van der Waals surface area (Å²) < 4.78 is 31.7. The number of nitrogens with one attached hydrogen (secondary N) is 1. The van der Waals surface area contributed by atoms with Gasteiger partial charge in [-0.2, -0.15) is 5.10 Å². The average molecular weight is 452 g/mol. The predicted octanol–water partition coefficient (Wildman–Crippen LogP) is 4.09. The highest BCUT2D eigenvalue weighted by atomic mass is 32.2. The lowest BCUT2D eigenvalue weighted by molar-refractivity contribution is -0.121. The van der Waals surface area contributed by atoms with E-state index in [9.17, 15) is 13.2 Å². The molecule has 3 aromatic rings. The van der Waals surface area contributed by atoms with Crippen molar-refractivity contribution in [3.63, 3.8) is 0 Å². The molecule has 0 spiro atoms. The molecule has 1 amide bonds. The summed E-state index contributed by atoms with van der Waals surface area (Å²) in [6, 6.07) is 22.3. The number of sulfonamides is 1. The minimum atomic E-state index is -3.74. The molecule has 7 nitrogen and oxygen atoms in total. The molecule has 0 aliphatic carbocycles. The number of hydrogen-bond acceptors (Lipinski definition) is 5. The van der Waals surface area contributed by atoms with Gasteiger partial charge in [0.1, 0.15) is 17.5 Å². The molecule has 1 atom stereocenters. The highest BCUT2D eigenvalue weighted by Crippen LogP contribution is 2.26. The van der Waals surface area contributed by atoms with Crippen molar-refractivity contribution in [3.8, 4) is 11.5 Å². The number of nitrogens with zero attached hydrogens (tertiary/aromatic N) is 2. The zero-order valence-corrected chi connectivity index (χ0v) is 18.9. The minimum Gasteiger partial charge on any atom is -0.457 e. The van der Waals surface area contributed by atoms with Crippen LogP contribution in [-0.4, -0.2) is 32.8 Å². The minimum absolute atomic E-state index is 0.345. The Morgan fingerprint density at radius 1 is 0.969 bits per heavy atom. The van der Waals surface area contributed by atoms with Crippen LogP contribution in [-0.2, 0) is 14.8 Å². The van der Waals surface area contributed by atoms with Crippen LogP contribution in [0.3, 0.4) is 0 Å². The van der Waals surface area contributed by atoms with Crippen LogP contribution >= 0.6 is 0 Å². The summed E-state index contributed by atoms with van der Waals surface area (Å²) in [7, 11) is -3.74. The van der Waals surface area contributed by atoms with E-state index in [1.165, 1.54) is 13.1 Å². The third kappa shape index (κ3) is 6.18. The number of benzene rings is 3. The molecule has 0 aliphatic rings. The molecule has 0 fully saturated rings. The molecule has 0 radical (unpaired) electrons. The molecular weight excluding hydrogens is 426 g/mol. The maximum absolute atomic E-state index is 12.6. The Morgan fingerprint density at radius 2 is 1.56 bits per heavy atom. The van der Waals surface area contributed by atoms with E-state index in [4.69, 9.17) is 4.74 Å². The summed E-state index contributed by atoms with van der Waals surface area (Å²) in [6.07, 6.45) is 2.56. The van der Waals surface area contributed by atoms with Crippen molar-refractivity contribution in [1.29, 1.82) is 0 Å². The van der Waals surface area contributed by atoms with Crippen LogP contribution in [0.2, 0.25) is 0 Å². The highest BCUT2D eigenvalue weighted by Gasteiger charge is 2.29. The van der Waals surface area contributed by atoms with Crippen molar-refractivity contribution >= 4 is 27.8 Å². The van der Waals surface area contributed by atoms with Gasteiger partial charge in [0.15, 0.2) is 0 Å². The third-order valence-corrected chi connectivity index (χ3v) is 5.87. The quantitative estimate of drug-likeness (QED) is 0.413. The van der Waals surface area contributed by atoms with Gasteiger partial charge < -0.3 is 4.74 Å². The van der Waals surface area contributed by atoms with Crippen molar-refractivity contribution in [2.24, 2.45) is 5.10 Å². The lowest BCUT2D eigenvalue weighted by Gasteiger charge is -2.27. The van der Waals surface area contributed by atoms with E-state index in [0.29, 0.717) is 17.2 Å². The molecule has 0 saturated heterocycles. The number of para-hydroxylation sites is 1. The molecule has 0 heterocycles. The SMILES string of the molecule is Cc1ccc(/C=N\NC(=O)[C@@H](C)N(c2ccc(Oc3ccccc3)cc2)S(C)(=O)=O)cc1. The summed E-state index contributed by atoms with van der Waals surface area (Å²) in [4.78, 5) is 12.6. The molecule has 0 saturated carbocycles. The maximum Gasteiger partial charge on any atom is 0.263 e. The lowest BCUT2D eigenvalue weighted by atomic mass is 10.2. The molecule has 3 aromatic carbocycles. The van der Waals surface area contributed by atoms with Crippen LogP contribution in [0, 0.1) is 6.92 Å². The number of rotatable bonds is 8. The molecule has 0 aromatic heterocycles. The monoisotopic (exact) mass is 451 g/mol. The van der Waals surface area contributed by atoms with E-state index < -0.39 is 22.0 Å². The number of carbonyl (C=O) groups is 1. The second-order valence-corrected chi connectivity index (χ2v) is 9.15. The van der Waals surface area contributed by atoms with Gasteiger partial charge in [-0.1, -0.05) is 48.0 Å². The van der Waals surface area contributed by atoms with Crippen molar-refractivity contribution in [2.75, 3.05) is 10.6 Å². The van der Waals surface area contributed by atoms with Gasteiger partial charge in [-0.3, -0.25) is 9.10 Å². The van der Waals surface area contributed by atoms with Crippen molar-refractivity contribution in [3.05, 3.63) is 90.0 Å². The third-order valence-electron chi connectivity index (χ3n) is 4.62. The summed E-state index contributed by atoms with van der Waals surface area (Å²) in [5.41, 5.74) is 4.69. The van der Waals surface area contributed by atoms with E-state index >= 15 is 0 Å². The van der Waals surface area contributed by atoms with E-state index in [1.807, 2.05) is 61.5 Å². The maximum atomic E-state index is 12.6. The standard InChI is InChI=1S/C24H25N3O4S/c1-18-9-11-20(12-10-18)17-25-26-24(28)19(2)27(32(3,29)30)21-13-15-23(16-14-21)31-22-7-5-4-6-8-22/h4-17,19H,1-3H3,(H,26,28)/b25-17-/t19-/m1/s1. The number of aryl methyl sites for hydroxylation is 1. The van der Waals surface area contributed by atoms with E-state index in [2.05, 4.69) is 10.5 Å². The largest absolute Gasteiger partial charge is 0.457 e. The smallest absolute Gasteiger partial charge is 0.263 e. The summed E-state index contributed by atoms with van der Waals surface area (Å²) >= 11 is 0. The second kappa shape index (κ2) is 10.1. The second-order valence-electron chi connectivity index (χ2n) is 7.29.